The number of rotatable bonds is 4. The second kappa shape index (κ2) is 5.69. The number of amides is 2. The summed E-state index contributed by atoms with van der Waals surface area (Å²) in [6, 6.07) is -1.31. The Morgan fingerprint density at radius 2 is 2.19 bits per heavy atom. The predicted octanol–water partition coefficient (Wildman–Crippen LogP) is 0.0159. The van der Waals surface area contributed by atoms with Crippen LogP contribution in [0.3, 0.4) is 0 Å². The highest BCUT2D eigenvalue weighted by Gasteiger charge is 2.38. The van der Waals surface area contributed by atoms with Gasteiger partial charge in [0, 0.05) is 19.5 Å². The number of carbonyl (C=O) groups is 2. The summed E-state index contributed by atoms with van der Waals surface area (Å²) in [4.78, 5) is 23.7. The van der Waals surface area contributed by atoms with E-state index in [-0.39, 0.29) is 13.0 Å². The molecular formula is C10H18N2O4. The van der Waals surface area contributed by atoms with Crippen molar-refractivity contribution in [1.82, 2.24) is 10.2 Å². The maximum absolute atomic E-state index is 11.6. The molecule has 2 atom stereocenters. The molecular weight excluding hydrogens is 212 g/mol. The minimum atomic E-state index is -1.07. The van der Waals surface area contributed by atoms with E-state index < -0.39 is 24.1 Å². The Morgan fingerprint density at radius 3 is 2.75 bits per heavy atom. The summed E-state index contributed by atoms with van der Waals surface area (Å²) in [6.45, 7) is 2.63. The molecule has 0 radical (unpaired) electrons. The van der Waals surface area contributed by atoms with E-state index in [4.69, 9.17) is 5.11 Å². The van der Waals surface area contributed by atoms with Crippen molar-refractivity contribution in [2.75, 3.05) is 13.1 Å². The lowest BCUT2D eigenvalue weighted by Gasteiger charge is -2.21. The lowest BCUT2D eigenvalue weighted by molar-refractivity contribution is -0.141. The van der Waals surface area contributed by atoms with Crippen molar-refractivity contribution in [2.45, 2.75) is 38.3 Å². The van der Waals surface area contributed by atoms with Gasteiger partial charge in [-0.25, -0.2) is 9.59 Å². The molecule has 1 rings (SSSR count). The van der Waals surface area contributed by atoms with Crippen molar-refractivity contribution < 1.29 is 19.8 Å². The predicted molar refractivity (Wildman–Crippen MR) is 57.1 cm³/mol. The van der Waals surface area contributed by atoms with Crippen molar-refractivity contribution in [2.24, 2.45) is 0 Å². The van der Waals surface area contributed by atoms with Gasteiger partial charge in [-0.2, -0.15) is 0 Å². The number of aliphatic hydroxyl groups is 1. The van der Waals surface area contributed by atoms with E-state index in [0.29, 0.717) is 6.54 Å². The summed E-state index contributed by atoms with van der Waals surface area (Å²) in [7, 11) is 0. The summed E-state index contributed by atoms with van der Waals surface area (Å²) < 4.78 is 0. The number of likely N-dealkylation sites (tertiary alicyclic amines) is 1. The van der Waals surface area contributed by atoms with Gasteiger partial charge in [0.1, 0.15) is 6.04 Å². The van der Waals surface area contributed by atoms with Crippen LogP contribution in [0.5, 0.6) is 0 Å². The van der Waals surface area contributed by atoms with Crippen LogP contribution in [0.25, 0.3) is 0 Å². The van der Waals surface area contributed by atoms with Crippen molar-refractivity contribution in [3.8, 4) is 0 Å². The van der Waals surface area contributed by atoms with Crippen LogP contribution in [0.4, 0.5) is 4.79 Å². The summed E-state index contributed by atoms with van der Waals surface area (Å²) in [5.74, 6) is -1.07. The lowest BCUT2D eigenvalue weighted by Crippen LogP contribution is -2.46. The first kappa shape index (κ1) is 12.8. The van der Waals surface area contributed by atoms with Crippen LogP contribution in [0.2, 0.25) is 0 Å². The van der Waals surface area contributed by atoms with Gasteiger partial charge in [0.2, 0.25) is 0 Å². The topological polar surface area (TPSA) is 89.9 Å². The molecule has 1 fully saturated rings. The van der Waals surface area contributed by atoms with Gasteiger partial charge < -0.3 is 20.4 Å². The fourth-order valence-corrected chi connectivity index (χ4v) is 1.75. The monoisotopic (exact) mass is 230 g/mol. The Bertz CT molecular complexity index is 270. The number of aliphatic hydroxyl groups excluding tert-OH is 1. The molecule has 6 heteroatoms. The minimum absolute atomic E-state index is 0.0922. The molecule has 1 aliphatic rings. The molecule has 0 aromatic heterocycles. The zero-order valence-corrected chi connectivity index (χ0v) is 9.35. The van der Waals surface area contributed by atoms with Crippen molar-refractivity contribution in [3.05, 3.63) is 0 Å². The van der Waals surface area contributed by atoms with Gasteiger partial charge in [-0.1, -0.05) is 13.3 Å². The molecule has 6 nitrogen and oxygen atoms in total. The third-order valence-corrected chi connectivity index (χ3v) is 2.63. The highest BCUT2D eigenvalue weighted by atomic mass is 16.4. The van der Waals surface area contributed by atoms with Crippen LogP contribution < -0.4 is 5.32 Å². The van der Waals surface area contributed by atoms with Crippen molar-refractivity contribution in [1.29, 1.82) is 0 Å². The van der Waals surface area contributed by atoms with Gasteiger partial charge in [0.05, 0.1) is 6.10 Å². The number of hydrogen-bond donors (Lipinski definition) is 3. The zero-order chi connectivity index (χ0) is 12.1. The second-order valence-corrected chi connectivity index (χ2v) is 3.98. The van der Waals surface area contributed by atoms with E-state index in [1.807, 2.05) is 6.92 Å². The smallest absolute Gasteiger partial charge is 0.326 e. The van der Waals surface area contributed by atoms with Gasteiger partial charge >= 0.3 is 12.0 Å². The van der Waals surface area contributed by atoms with Crippen LogP contribution in [0.1, 0.15) is 26.2 Å². The average Bonchev–Trinajstić information content (AvgIpc) is 2.61. The number of carboxylic acid groups (broad SMARTS) is 1. The normalized spacial score (nSPS) is 24.5. The summed E-state index contributed by atoms with van der Waals surface area (Å²) in [5.41, 5.74) is 0. The molecule has 16 heavy (non-hydrogen) atoms. The molecule has 0 unspecified atom stereocenters. The third-order valence-electron chi connectivity index (χ3n) is 2.63. The van der Waals surface area contributed by atoms with E-state index in [9.17, 15) is 14.7 Å². The first-order valence-corrected chi connectivity index (χ1v) is 5.51. The lowest BCUT2D eigenvalue weighted by atomic mass is 10.2. The SMILES string of the molecule is CCCCNC(=O)N1C[C@@H](O)C[C@H]1C(=O)O. The first-order chi connectivity index (χ1) is 7.56. The molecule has 0 aromatic carbocycles. The quantitative estimate of drug-likeness (QED) is 0.594. The zero-order valence-electron chi connectivity index (χ0n) is 9.35. The van der Waals surface area contributed by atoms with E-state index in [2.05, 4.69) is 5.32 Å². The van der Waals surface area contributed by atoms with Crippen LogP contribution >= 0.6 is 0 Å². The van der Waals surface area contributed by atoms with E-state index in [0.717, 1.165) is 12.8 Å². The maximum Gasteiger partial charge on any atom is 0.326 e. The number of urea groups is 1. The van der Waals surface area contributed by atoms with Gasteiger partial charge in [-0.3, -0.25) is 0 Å². The molecule has 1 aliphatic heterocycles. The van der Waals surface area contributed by atoms with Crippen LogP contribution in [0.15, 0.2) is 0 Å². The maximum atomic E-state index is 11.6. The largest absolute Gasteiger partial charge is 0.480 e. The number of hydrogen-bond acceptors (Lipinski definition) is 3. The first-order valence-electron chi connectivity index (χ1n) is 5.51. The highest BCUT2D eigenvalue weighted by molar-refractivity contribution is 5.83. The Labute approximate surface area is 94.2 Å². The highest BCUT2D eigenvalue weighted by Crippen LogP contribution is 2.17. The summed E-state index contributed by atoms with van der Waals surface area (Å²) in [6.07, 6.45) is 1.19. The fourth-order valence-electron chi connectivity index (χ4n) is 1.75. The number of β-amino-alcohol motifs (C(OH)–C–C–N with tert-alkyl or cyclic N) is 1. The number of nitrogens with one attached hydrogen (secondary N) is 1. The molecule has 2 amide bonds. The molecule has 0 bridgehead atoms. The Morgan fingerprint density at radius 1 is 1.50 bits per heavy atom. The van der Waals surface area contributed by atoms with Gasteiger partial charge in [-0.05, 0) is 6.42 Å². The van der Waals surface area contributed by atoms with E-state index in [1.165, 1.54) is 4.90 Å². The van der Waals surface area contributed by atoms with Crippen LogP contribution in [-0.4, -0.2) is 52.3 Å². The molecule has 0 saturated carbocycles. The second-order valence-electron chi connectivity index (χ2n) is 3.98. The van der Waals surface area contributed by atoms with Gasteiger partial charge in [0.25, 0.3) is 0 Å². The Kier molecular flexibility index (Phi) is 4.54. The number of aliphatic carboxylic acids is 1. The van der Waals surface area contributed by atoms with Crippen molar-refractivity contribution in [3.63, 3.8) is 0 Å². The van der Waals surface area contributed by atoms with E-state index >= 15 is 0 Å². The molecule has 0 spiro atoms. The number of nitrogens with zero attached hydrogens (tertiary/aromatic N) is 1. The number of unbranched alkanes of at least 4 members (excludes halogenated alkanes) is 1. The fraction of sp³-hybridized carbons (Fsp3) is 0.800. The minimum Gasteiger partial charge on any atom is -0.480 e. The molecule has 1 heterocycles. The third kappa shape index (κ3) is 3.10. The average molecular weight is 230 g/mol. The molecule has 92 valence electrons. The number of carbonyl (C=O) groups excluding carboxylic acids is 1. The van der Waals surface area contributed by atoms with Crippen LogP contribution in [0, 0.1) is 0 Å². The molecule has 1 saturated heterocycles. The van der Waals surface area contributed by atoms with Gasteiger partial charge in [-0.15, -0.1) is 0 Å². The Balaban J connectivity index is 2.50. The number of carboxylic acids is 1. The summed E-state index contributed by atoms with van der Waals surface area (Å²) >= 11 is 0. The molecule has 0 aliphatic carbocycles. The Hall–Kier alpha value is -1.30. The molecule has 3 N–H and O–H groups in total. The van der Waals surface area contributed by atoms with Gasteiger partial charge in [0.15, 0.2) is 0 Å². The van der Waals surface area contributed by atoms with Crippen LogP contribution in [-0.2, 0) is 4.79 Å². The summed E-state index contributed by atoms with van der Waals surface area (Å²) in [5, 5.41) is 20.9. The molecule has 0 aromatic rings. The van der Waals surface area contributed by atoms with Crippen molar-refractivity contribution >= 4 is 12.0 Å². The standard InChI is InChI=1S/C10H18N2O4/c1-2-3-4-11-10(16)12-6-7(13)5-8(12)9(14)15/h7-8,13H,2-6H2,1H3,(H,11,16)(H,14,15)/t7-,8-/m0/s1. The van der Waals surface area contributed by atoms with E-state index in [1.54, 1.807) is 0 Å².